The summed E-state index contributed by atoms with van der Waals surface area (Å²) in [5, 5.41) is 50.5. The average molecular weight is 768 g/mol. The number of rotatable bonds is 11. The zero-order valence-corrected chi connectivity index (χ0v) is 28.0. The van der Waals surface area contributed by atoms with E-state index in [1.807, 2.05) is 0 Å². The molecule has 19 nitrogen and oxygen atoms in total. The van der Waals surface area contributed by atoms with E-state index in [-0.39, 0.29) is 54.8 Å². The van der Waals surface area contributed by atoms with E-state index in [2.05, 4.69) is 29.8 Å². The van der Waals surface area contributed by atoms with Gasteiger partial charge in [-0.25, -0.2) is 5.26 Å². The molecule has 0 spiro atoms. The Kier molecular flexibility index (Phi) is 10.4. The Morgan fingerprint density at radius 1 is 0.820 bits per heavy atom. The molecule has 0 aromatic heterocycles. The van der Waals surface area contributed by atoms with Crippen molar-refractivity contribution in [3.05, 3.63) is 66.2 Å². The molecule has 23 heteroatoms. The summed E-state index contributed by atoms with van der Waals surface area (Å²) < 4.78 is 96.7. The second-order valence-electron chi connectivity index (χ2n) is 9.90. The average Bonchev–Trinajstić information content (AvgIpc) is 3.03. The van der Waals surface area contributed by atoms with Crippen molar-refractivity contribution in [3.63, 3.8) is 0 Å². The van der Waals surface area contributed by atoms with Gasteiger partial charge in [-0.15, -0.1) is 19.7 Å². The highest BCUT2D eigenvalue weighted by Crippen LogP contribution is 2.48. The van der Waals surface area contributed by atoms with Crippen LogP contribution in [-0.4, -0.2) is 50.2 Å². The molecule has 1 unspecified atom stereocenters. The molecule has 0 heterocycles. The fraction of sp³-hybridized carbons (Fsp3) is 0.0370. The summed E-state index contributed by atoms with van der Waals surface area (Å²) in [7, 11) is -9.43. The molecule has 262 valence electrons. The maximum absolute atomic E-state index is 11.9. The first-order chi connectivity index (χ1) is 23.5. The molecule has 0 radical (unpaired) electrons. The number of fused-ring (bicyclic) bond motifs is 2. The number of aromatic hydroxyl groups is 2. The topological polar surface area (TPSA) is 310 Å². The molecule has 0 bridgehead atoms. The number of hydrogen-bond donors (Lipinski definition) is 7. The summed E-state index contributed by atoms with van der Waals surface area (Å²) in [4.78, 5) is -1.15. The van der Waals surface area contributed by atoms with E-state index in [0.717, 1.165) is 18.2 Å². The normalized spacial score (nSPS) is 13.1. The molecular weight excluding hydrogens is 747 g/mol. The van der Waals surface area contributed by atoms with Gasteiger partial charge in [0.25, 0.3) is 20.2 Å². The lowest BCUT2D eigenvalue weighted by Crippen LogP contribution is -2.05. The molecule has 0 saturated carbocycles. The van der Waals surface area contributed by atoms with Crippen molar-refractivity contribution in [2.45, 2.75) is 21.6 Å². The molecule has 0 amide bonds. The maximum atomic E-state index is 11.9. The number of benzene rings is 5. The molecule has 5 aromatic carbocycles. The molecule has 1 atom stereocenters. The van der Waals surface area contributed by atoms with Crippen LogP contribution in [0, 0.1) is 6.92 Å². The number of nitrogen functional groups attached to an aromatic ring is 1. The Hall–Kier alpha value is -4.82. The van der Waals surface area contributed by atoms with Gasteiger partial charge in [0.15, 0.2) is 22.9 Å². The molecule has 5 rings (SSSR count). The second-order valence-corrected chi connectivity index (χ2v) is 14.0. The molecular formula is C27H21N5O14S4. The number of azo groups is 2. The van der Waals surface area contributed by atoms with Crippen molar-refractivity contribution in [3.8, 4) is 17.2 Å². The first-order valence-electron chi connectivity index (χ1n) is 13.2. The minimum atomic E-state index is -4.75. The molecule has 0 fully saturated rings. The number of nitrogens with two attached hydrogens (primary N) is 1. The van der Waals surface area contributed by atoms with E-state index in [9.17, 15) is 44.9 Å². The first-order valence-corrected chi connectivity index (χ1v) is 17.9. The summed E-state index contributed by atoms with van der Waals surface area (Å²) in [6, 6.07) is 12.6. The highest BCUT2D eigenvalue weighted by molar-refractivity contribution is 7.94. The van der Waals surface area contributed by atoms with Gasteiger partial charge < -0.3 is 20.1 Å². The predicted molar refractivity (Wildman–Crippen MR) is 177 cm³/mol. The summed E-state index contributed by atoms with van der Waals surface area (Å²) in [5.41, 5.74) is 4.80. The maximum Gasteiger partial charge on any atom is 0.357 e. The van der Waals surface area contributed by atoms with Crippen LogP contribution in [0.25, 0.3) is 21.5 Å². The Labute approximate surface area is 287 Å². The van der Waals surface area contributed by atoms with Gasteiger partial charge >= 0.3 is 11.4 Å². The van der Waals surface area contributed by atoms with Gasteiger partial charge in [-0.2, -0.15) is 26.2 Å². The smallest absolute Gasteiger partial charge is 0.357 e. The third kappa shape index (κ3) is 7.50. The lowest BCUT2D eigenvalue weighted by atomic mass is 10.0. The minimum Gasteiger partial charge on any atom is -0.505 e. The highest BCUT2D eigenvalue weighted by atomic mass is 32.2. The third-order valence-corrected chi connectivity index (χ3v) is 9.72. The van der Waals surface area contributed by atoms with Crippen LogP contribution in [0.5, 0.6) is 17.2 Å². The van der Waals surface area contributed by atoms with Crippen LogP contribution in [0.3, 0.4) is 0 Å². The van der Waals surface area contributed by atoms with Crippen molar-refractivity contribution in [1.29, 1.82) is 0 Å². The van der Waals surface area contributed by atoms with Crippen LogP contribution in [0.2, 0.25) is 0 Å². The van der Waals surface area contributed by atoms with Crippen LogP contribution in [0.15, 0.2) is 95.8 Å². The zero-order chi connectivity index (χ0) is 36.5. The predicted octanol–water partition coefficient (Wildman–Crippen LogP) is 6.56. The fourth-order valence-electron chi connectivity index (χ4n) is 4.71. The number of nitrogens with zero attached hydrogens (tertiary/aromatic N) is 4. The van der Waals surface area contributed by atoms with Crippen molar-refractivity contribution < 1.29 is 63.7 Å². The number of anilines is 1. The lowest BCUT2D eigenvalue weighted by Gasteiger charge is -2.14. The number of phenolic OH excluding ortho intramolecular Hbond substituents is 2. The van der Waals surface area contributed by atoms with Crippen molar-refractivity contribution >= 4 is 93.6 Å². The van der Waals surface area contributed by atoms with E-state index in [0.29, 0.717) is 12.0 Å². The van der Waals surface area contributed by atoms with Gasteiger partial charge in [0, 0.05) is 16.5 Å². The Balaban J connectivity index is 1.62. The Morgan fingerprint density at radius 3 is 2.16 bits per heavy atom. The molecule has 0 saturated heterocycles. The Morgan fingerprint density at radius 2 is 1.50 bits per heavy atom. The molecule has 50 heavy (non-hydrogen) atoms. The zero-order valence-electron chi connectivity index (χ0n) is 24.7. The lowest BCUT2D eigenvalue weighted by molar-refractivity contribution is -0.432. The number of phenols is 2. The van der Waals surface area contributed by atoms with Gasteiger partial charge in [0.2, 0.25) is 0 Å². The molecule has 0 aliphatic rings. The molecule has 0 aliphatic heterocycles. The second kappa shape index (κ2) is 14.2. The standard InChI is InChI=1S/C27H21N5O14S4/c1-12-21(50(41,42)43)11-14-9-18(44-48(36)37)24(27(34)22(14)23(12)28)31-29-15-6-7-16-13(8-15)10-19(47-46-45-35)25(26(16)33)32-30-17-4-2-3-5-20(17)49(38,39)40/h2-11,33-35H,28H2,1H3,(H,36,37)(H,38,39,40)(H,41,42,43). The Bertz CT molecular complexity index is 2490. The largest absolute Gasteiger partial charge is 0.505 e. The SMILES string of the molecule is Cc1c(S(=O)(=O)O)cc2cc(OS(=O)O)c(N=Nc3ccc4c(O)c(N=Nc5ccccc5S(=O)(=O)O)c(SOOO)cc4c3)c(O)c2c1N. The summed E-state index contributed by atoms with van der Waals surface area (Å²) in [6.07, 6.45) is 0. The van der Waals surface area contributed by atoms with Gasteiger partial charge in [-0.1, -0.05) is 17.2 Å². The van der Waals surface area contributed by atoms with Crippen LogP contribution >= 0.6 is 12.0 Å². The van der Waals surface area contributed by atoms with Crippen molar-refractivity contribution in [2.24, 2.45) is 20.5 Å². The molecule has 8 N–H and O–H groups in total. The molecule has 5 aromatic rings. The van der Waals surface area contributed by atoms with Gasteiger partial charge in [-0.05, 0) is 71.8 Å². The van der Waals surface area contributed by atoms with E-state index >= 15 is 0 Å². The summed E-state index contributed by atoms with van der Waals surface area (Å²) >= 11 is -2.57. The summed E-state index contributed by atoms with van der Waals surface area (Å²) in [6.45, 7) is 1.28. The van der Waals surface area contributed by atoms with Crippen LogP contribution in [0.1, 0.15) is 5.56 Å². The van der Waals surface area contributed by atoms with E-state index < -0.39 is 64.3 Å². The van der Waals surface area contributed by atoms with Gasteiger partial charge in [-0.3, -0.25) is 13.7 Å². The van der Waals surface area contributed by atoms with Crippen LogP contribution in [-0.2, 0) is 41.0 Å². The van der Waals surface area contributed by atoms with Crippen molar-refractivity contribution in [1.82, 2.24) is 0 Å². The third-order valence-electron chi connectivity index (χ3n) is 6.89. The highest BCUT2D eigenvalue weighted by Gasteiger charge is 2.24. The van der Waals surface area contributed by atoms with E-state index in [1.54, 1.807) is 0 Å². The number of hydrogen-bond acceptors (Lipinski definition) is 17. The van der Waals surface area contributed by atoms with Gasteiger partial charge in [0.1, 0.15) is 16.3 Å². The monoisotopic (exact) mass is 767 g/mol. The fourth-order valence-corrected chi connectivity index (χ4v) is 6.88. The quantitative estimate of drug-likeness (QED) is 0.0142. The van der Waals surface area contributed by atoms with Crippen LogP contribution < -0.4 is 9.92 Å². The molecule has 0 aliphatic carbocycles. The summed E-state index contributed by atoms with van der Waals surface area (Å²) in [5.74, 6) is -1.72. The van der Waals surface area contributed by atoms with Crippen LogP contribution in [0.4, 0.5) is 28.4 Å². The first kappa shape index (κ1) is 36.5. The van der Waals surface area contributed by atoms with Crippen molar-refractivity contribution in [2.75, 3.05) is 5.73 Å². The van der Waals surface area contributed by atoms with E-state index in [4.69, 9.17) is 15.2 Å². The minimum absolute atomic E-state index is 0.0189. The van der Waals surface area contributed by atoms with Gasteiger partial charge in [0.05, 0.1) is 27.5 Å². The van der Waals surface area contributed by atoms with E-state index in [1.165, 1.54) is 49.4 Å².